The summed E-state index contributed by atoms with van der Waals surface area (Å²) in [7, 11) is 4.14. The van der Waals surface area contributed by atoms with E-state index in [0.717, 1.165) is 43.1 Å². The summed E-state index contributed by atoms with van der Waals surface area (Å²) >= 11 is 6.19. The number of hydrogen-bond acceptors (Lipinski definition) is 4. The second-order valence-electron chi connectivity index (χ2n) is 6.22. The molecule has 0 spiro atoms. The predicted octanol–water partition coefficient (Wildman–Crippen LogP) is 1.73. The Kier molecular flexibility index (Phi) is 6.02. The molecule has 0 saturated carbocycles. The number of likely N-dealkylation sites (N-methyl/N-ethyl adjacent to an activating group) is 1. The zero-order valence-electron chi connectivity index (χ0n) is 12.9. The van der Waals surface area contributed by atoms with Crippen molar-refractivity contribution in [3.8, 4) is 0 Å². The van der Waals surface area contributed by atoms with Crippen LogP contribution in [-0.2, 0) is 0 Å². The number of benzene rings is 1. The van der Waals surface area contributed by atoms with Gasteiger partial charge in [0.1, 0.15) is 0 Å². The lowest BCUT2D eigenvalue weighted by Gasteiger charge is -2.27. The molecule has 0 bridgehead atoms. The fourth-order valence-electron chi connectivity index (χ4n) is 3.08. The third-order valence-corrected chi connectivity index (χ3v) is 4.46. The van der Waals surface area contributed by atoms with Gasteiger partial charge >= 0.3 is 0 Å². The number of aliphatic hydroxyl groups excluding tert-OH is 1. The Hall–Kier alpha value is -0.650. The van der Waals surface area contributed by atoms with E-state index < -0.39 is 0 Å². The van der Waals surface area contributed by atoms with Gasteiger partial charge in [-0.15, -0.1) is 0 Å². The molecule has 0 aliphatic carbocycles. The first-order valence-electron chi connectivity index (χ1n) is 7.54. The highest BCUT2D eigenvalue weighted by Crippen LogP contribution is 2.25. The minimum atomic E-state index is -0.216. The summed E-state index contributed by atoms with van der Waals surface area (Å²) in [5.41, 5.74) is 7.27. The minimum Gasteiger partial charge on any atom is -0.392 e. The third kappa shape index (κ3) is 4.66. The van der Waals surface area contributed by atoms with Gasteiger partial charge in [0.2, 0.25) is 0 Å². The summed E-state index contributed by atoms with van der Waals surface area (Å²) in [4.78, 5) is 4.52. The second kappa shape index (κ2) is 7.56. The van der Waals surface area contributed by atoms with E-state index in [1.807, 2.05) is 24.3 Å². The Morgan fingerprint density at radius 1 is 1.43 bits per heavy atom. The van der Waals surface area contributed by atoms with Crippen molar-refractivity contribution in [2.24, 2.45) is 5.73 Å². The number of rotatable bonds is 6. The van der Waals surface area contributed by atoms with Crippen LogP contribution in [0.4, 0.5) is 0 Å². The zero-order valence-corrected chi connectivity index (χ0v) is 13.6. The topological polar surface area (TPSA) is 52.7 Å². The lowest BCUT2D eigenvalue weighted by Crippen LogP contribution is -2.38. The number of nitrogens with two attached hydrogens (primary N) is 1. The van der Waals surface area contributed by atoms with Crippen LogP contribution in [0.3, 0.4) is 0 Å². The molecule has 0 amide bonds. The maximum Gasteiger partial charge on any atom is 0.0682 e. The summed E-state index contributed by atoms with van der Waals surface area (Å²) in [5.74, 6) is 0. The Balaban J connectivity index is 1.90. The maximum atomic E-state index is 9.90. The van der Waals surface area contributed by atoms with E-state index in [2.05, 4.69) is 23.9 Å². The maximum absolute atomic E-state index is 9.90. The van der Waals surface area contributed by atoms with Gasteiger partial charge in [-0.1, -0.05) is 29.8 Å². The molecule has 1 aromatic rings. The molecule has 1 aliphatic rings. The summed E-state index contributed by atoms with van der Waals surface area (Å²) in [6.07, 6.45) is 1.48. The van der Waals surface area contributed by atoms with Gasteiger partial charge in [-0.25, -0.2) is 0 Å². The SMILES string of the molecule is CN(C)CC1CC(O)CN1CCC(N)c1ccccc1Cl. The molecule has 21 heavy (non-hydrogen) atoms. The molecule has 0 aromatic heterocycles. The first-order chi connectivity index (χ1) is 9.97. The van der Waals surface area contributed by atoms with Gasteiger partial charge in [0, 0.05) is 36.7 Å². The quantitative estimate of drug-likeness (QED) is 0.840. The molecule has 4 nitrogen and oxygen atoms in total. The Labute approximate surface area is 132 Å². The van der Waals surface area contributed by atoms with Crippen LogP contribution in [0.15, 0.2) is 24.3 Å². The van der Waals surface area contributed by atoms with Crippen molar-refractivity contribution in [1.29, 1.82) is 0 Å². The first kappa shape index (κ1) is 16.7. The van der Waals surface area contributed by atoms with Crippen LogP contribution in [0.1, 0.15) is 24.4 Å². The predicted molar refractivity (Wildman–Crippen MR) is 87.5 cm³/mol. The average Bonchev–Trinajstić information content (AvgIpc) is 2.75. The highest BCUT2D eigenvalue weighted by atomic mass is 35.5. The molecule has 0 radical (unpaired) electrons. The summed E-state index contributed by atoms with van der Waals surface area (Å²) in [6, 6.07) is 8.11. The molecule has 1 aliphatic heterocycles. The van der Waals surface area contributed by atoms with Crippen molar-refractivity contribution >= 4 is 11.6 Å². The normalized spacial score (nSPS) is 24.7. The monoisotopic (exact) mass is 311 g/mol. The van der Waals surface area contributed by atoms with Crippen molar-refractivity contribution in [3.63, 3.8) is 0 Å². The van der Waals surface area contributed by atoms with Crippen molar-refractivity contribution < 1.29 is 5.11 Å². The van der Waals surface area contributed by atoms with Gasteiger partial charge in [-0.05, 0) is 38.6 Å². The van der Waals surface area contributed by atoms with Gasteiger partial charge in [0.15, 0.2) is 0 Å². The number of likely N-dealkylation sites (tertiary alicyclic amines) is 1. The lowest BCUT2D eigenvalue weighted by molar-refractivity contribution is 0.170. The molecular weight excluding hydrogens is 286 g/mol. The standard InChI is InChI=1S/C16H26ClN3O/c1-19(2)10-12-9-13(21)11-20(12)8-7-16(18)14-5-3-4-6-15(14)17/h3-6,12-13,16,21H,7-11,18H2,1-2H3. The molecule has 1 aromatic carbocycles. The number of hydrogen-bond donors (Lipinski definition) is 2. The van der Waals surface area contributed by atoms with E-state index >= 15 is 0 Å². The van der Waals surface area contributed by atoms with Crippen molar-refractivity contribution in [2.45, 2.75) is 31.0 Å². The van der Waals surface area contributed by atoms with Crippen LogP contribution in [-0.4, -0.2) is 60.8 Å². The summed E-state index contributed by atoms with van der Waals surface area (Å²) in [6.45, 7) is 2.61. The van der Waals surface area contributed by atoms with Crippen LogP contribution in [0, 0.1) is 0 Å². The molecule has 1 saturated heterocycles. The van der Waals surface area contributed by atoms with E-state index in [1.165, 1.54) is 0 Å². The fraction of sp³-hybridized carbons (Fsp3) is 0.625. The molecule has 1 heterocycles. The van der Waals surface area contributed by atoms with E-state index in [9.17, 15) is 5.11 Å². The molecule has 1 fully saturated rings. The van der Waals surface area contributed by atoms with E-state index in [1.54, 1.807) is 0 Å². The smallest absolute Gasteiger partial charge is 0.0682 e. The molecule has 118 valence electrons. The molecule has 3 N–H and O–H groups in total. The molecule has 3 atom stereocenters. The van der Waals surface area contributed by atoms with Gasteiger partial charge in [-0.2, -0.15) is 0 Å². The molecule has 5 heteroatoms. The van der Waals surface area contributed by atoms with Crippen LogP contribution in [0.2, 0.25) is 5.02 Å². The number of nitrogens with zero attached hydrogens (tertiary/aromatic N) is 2. The highest BCUT2D eigenvalue weighted by molar-refractivity contribution is 6.31. The van der Waals surface area contributed by atoms with Crippen LogP contribution in [0.25, 0.3) is 0 Å². The van der Waals surface area contributed by atoms with E-state index in [4.69, 9.17) is 17.3 Å². The zero-order chi connectivity index (χ0) is 15.4. The molecule has 3 unspecified atom stereocenters. The van der Waals surface area contributed by atoms with Gasteiger partial charge < -0.3 is 15.7 Å². The number of aliphatic hydroxyl groups is 1. The fourth-order valence-corrected chi connectivity index (χ4v) is 3.35. The third-order valence-electron chi connectivity index (χ3n) is 4.11. The van der Waals surface area contributed by atoms with E-state index in [-0.39, 0.29) is 12.1 Å². The van der Waals surface area contributed by atoms with Crippen LogP contribution < -0.4 is 5.73 Å². The number of halogens is 1. The summed E-state index contributed by atoms with van der Waals surface area (Å²) < 4.78 is 0. The van der Waals surface area contributed by atoms with Crippen molar-refractivity contribution in [1.82, 2.24) is 9.80 Å². The lowest BCUT2D eigenvalue weighted by atomic mass is 10.0. The number of β-amino-alcohol motifs (C(OH)–C–C–N with tert-alkyl or cyclic N) is 1. The van der Waals surface area contributed by atoms with Gasteiger partial charge in [-0.3, -0.25) is 4.90 Å². The minimum absolute atomic E-state index is 0.0588. The Bertz CT molecular complexity index is 455. The second-order valence-corrected chi connectivity index (χ2v) is 6.62. The van der Waals surface area contributed by atoms with Crippen LogP contribution >= 0.6 is 11.6 Å². The molecule has 2 rings (SSSR count). The average molecular weight is 312 g/mol. The molecular formula is C16H26ClN3O. The first-order valence-corrected chi connectivity index (χ1v) is 7.92. The van der Waals surface area contributed by atoms with Crippen molar-refractivity contribution in [3.05, 3.63) is 34.9 Å². The highest BCUT2D eigenvalue weighted by Gasteiger charge is 2.31. The van der Waals surface area contributed by atoms with Gasteiger partial charge in [0.25, 0.3) is 0 Å². The summed E-state index contributed by atoms with van der Waals surface area (Å²) in [5, 5.41) is 10.6. The van der Waals surface area contributed by atoms with E-state index in [0.29, 0.717) is 6.04 Å². The largest absolute Gasteiger partial charge is 0.392 e. The van der Waals surface area contributed by atoms with Crippen molar-refractivity contribution in [2.75, 3.05) is 33.7 Å². The Morgan fingerprint density at radius 2 is 2.14 bits per heavy atom. The Morgan fingerprint density at radius 3 is 2.81 bits per heavy atom. The van der Waals surface area contributed by atoms with Crippen LogP contribution in [0.5, 0.6) is 0 Å². The van der Waals surface area contributed by atoms with Gasteiger partial charge in [0.05, 0.1) is 6.10 Å².